The maximum Gasteiger partial charge on any atom is 0.269 e. The highest BCUT2D eigenvalue weighted by Crippen LogP contribution is 2.28. The summed E-state index contributed by atoms with van der Waals surface area (Å²) in [4.78, 5) is 15.5. The summed E-state index contributed by atoms with van der Waals surface area (Å²) in [6.45, 7) is 8.66. The van der Waals surface area contributed by atoms with Crippen molar-refractivity contribution in [2.45, 2.75) is 39.5 Å². The highest BCUT2D eigenvalue weighted by Gasteiger charge is 2.19. The average molecular weight is 427 g/mol. The van der Waals surface area contributed by atoms with Crippen molar-refractivity contribution in [3.63, 3.8) is 0 Å². The van der Waals surface area contributed by atoms with Gasteiger partial charge >= 0.3 is 0 Å². The molecule has 0 amide bonds. The van der Waals surface area contributed by atoms with Gasteiger partial charge in [-0.1, -0.05) is 58.0 Å². The van der Waals surface area contributed by atoms with Gasteiger partial charge in [0.15, 0.2) is 5.84 Å². The molecule has 6 nitrogen and oxygen atoms in total. The van der Waals surface area contributed by atoms with Crippen molar-refractivity contribution in [3.05, 3.63) is 105 Å². The monoisotopic (exact) mass is 426 g/mol. The summed E-state index contributed by atoms with van der Waals surface area (Å²) in [6.07, 6.45) is 0.888. The third-order valence-electron chi connectivity index (χ3n) is 5.61. The predicted octanol–water partition coefficient (Wildman–Crippen LogP) is 5.89. The van der Waals surface area contributed by atoms with Gasteiger partial charge in [-0.3, -0.25) is 15.5 Å². The Hall–Kier alpha value is -3.80. The summed E-state index contributed by atoms with van der Waals surface area (Å²) in [7, 11) is 0. The summed E-state index contributed by atoms with van der Waals surface area (Å²) in [5.41, 5.74) is 9.81. The maximum absolute atomic E-state index is 11.1. The van der Waals surface area contributed by atoms with E-state index in [0.717, 1.165) is 28.8 Å². The molecule has 162 valence electrons. The molecule has 1 aliphatic rings. The van der Waals surface area contributed by atoms with Gasteiger partial charge in [0.05, 0.1) is 16.3 Å². The topological polar surface area (TPSA) is 79.9 Å². The zero-order valence-electron chi connectivity index (χ0n) is 18.7. The van der Waals surface area contributed by atoms with Crippen LogP contribution >= 0.6 is 0 Å². The van der Waals surface area contributed by atoms with Crippen molar-refractivity contribution in [2.24, 2.45) is 10.1 Å². The van der Waals surface area contributed by atoms with Gasteiger partial charge in [-0.15, -0.1) is 0 Å². The van der Waals surface area contributed by atoms with Crippen LogP contribution in [-0.2, 0) is 11.8 Å². The van der Waals surface area contributed by atoms with Crippen LogP contribution in [0.15, 0.2) is 76.8 Å². The molecule has 32 heavy (non-hydrogen) atoms. The van der Waals surface area contributed by atoms with Gasteiger partial charge in [0, 0.05) is 28.8 Å². The Kier molecular flexibility index (Phi) is 5.61. The van der Waals surface area contributed by atoms with Crippen LogP contribution in [-0.4, -0.2) is 16.5 Å². The molecule has 0 bridgehead atoms. The van der Waals surface area contributed by atoms with E-state index in [0.29, 0.717) is 11.5 Å². The summed E-state index contributed by atoms with van der Waals surface area (Å²) >= 11 is 0. The number of hydrazone groups is 1. The van der Waals surface area contributed by atoms with Crippen LogP contribution in [0, 0.1) is 10.1 Å². The number of hydrogen-bond donors (Lipinski definition) is 1. The second kappa shape index (κ2) is 8.38. The molecule has 0 fully saturated rings. The predicted molar refractivity (Wildman–Crippen MR) is 129 cm³/mol. The van der Waals surface area contributed by atoms with Crippen LogP contribution in [0.1, 0.15) is 55.5 Å². The van der Waals surface area contributed by atoms with Crippen molar-refractivity contribution in [1.29, 1.82) is 0 Å². The van der Waals surface area contributed by atoms with Gasteiger partial charge in [-0.2, -0.15) is 5.10 Å². The highest BCUT2D eigenvalue weighted by atomic mass is 16.6. The number of non-ortho nitro benzene ring substituents is 1. The number of aryl methyl sites for hydroxylation is 1. The second-order valence-electron chi connectivity index (χ2n) is 8.87. The van der Waals surface area contributed by atoms with Crippen molar-refractivity contribution in [2.75, 3.05) is 0 Å². The lowest BCUT2D eigenvalue weighted by atomic mass is 9.86. The number of amidine groups is 1. The molecule has 3 aromatic rings. The van der Waals surface area contributed by atoms with E-state index in [2.05, 4.69) is 74.6 Å². The molecule has 0 aliphatic carbocycles. The van der Waals surface area contributed by atoms with Crippen LogP contribution in [0.4, 0.5) is 11.4 Å². The molecule has 0 radical (unpaired) electrons. The largest absolute Gasteiger partial charge is 0.269 e. The third kappa shape index (κ3) is 4.30. The van der Waals surface area contributed by atoms with Gasteiger partial charge in [-0.05, 0) is 47.2 Å². The number of nitro benzene ring substituents is 1. The lowest BCUT2D eigenvalue weighted by molar-refractivity contribution is -0.384. The van der Waals surface area contributed by atoms with Gasteiger partial charge in [0.1, 0.15) is 0 Å². The molecule has 0 atom stereocenters. The molecule has 0 aromatic heterocycles. The summed E-state index contributed by atoms with van der Waals surface area (Å²) in [6, 6.07) is 21.0. The Labute approximate surface area is 187 Å². The Morgan fingerprint density at radius 1 is 0.938 bits per heavy atom. The average Bonchev–Trinajstić information content (AvgIpc) is 2.98. The SMILES string of the molecule is CCc1ccc2c(c1)C(c1ccc([N+](=O)[O-])cc1)=NNC(c1ccc(C(C)(C)C)cc1)=N2. The van der Waals surface area contributed by atoms with E-state index in [4.69, 9.17) is 4.99 Å². The van der Waals surface area contributed by atoms with E-state index in [-0.39, 0.29) is 11.1 Å². The fourth-order valence-electron chi connectivity index (χ4n) is 3.62. The lowest BCUT2D eigenvalue weighted by Gasteiger charge is -2.19. The quantitative estimate of drug-likeness (QED) is 0.417. The number of aliphatic imine (C=N–C) groups is 1. The first-order valence-electron chi connectivity index (χ1n) is 10.7. The zero-order valence-corrected chi connectivity index (χ0v) is 18.7. The van der Waals surface area contributed by atoms with E-state index in [1.807, 2.05) is 6.07 Å². The molecular formula is C26H26N4O2. The number of hydrogen-bond acceptors (Lipinski definition) is 5. The minimum Gasteiger partial charge on any atom is -0.260 e. The summed E-state index contributed by atoms with van der Waals surface area (Å²) < 4.78 is 0. The van der Waals surface area contributed by atoms with Gasteiger partial charge in [0.25, 0.3) is 5.69 Å². The van der Waals surface area contributed by atoms with E-state index < -0.39 is 4.92 Å². The lowest BCUT2D eigenvalue weighted by Crippen LogP contribution is -2.20. The number of nitro groups is 1. The number of rotatable bonds is 4. The molecule has 1 heterocycles. The van der Waals surface area contributed by atoms with E-state index in [1.165, 1.54) is 23.3 Å². The Morgan fingerprint density at radius 3 is 2.19 bits per heavy atom. The van der Waals surface area contributed by atoms with Gasteiger partial charge in [-0.25, -0.2) is 4.99 Å². The highest BCUT2D eigenvalue weighted by molar-refractivity contribution is 6.18. The first-order valence-corrected chi connectivity index (χ1v) is 10.7. The molecule has 3 aromatic carbocycles. The van der Waals surface area contributed by atoms with E-state index >= 15 is 0 Å². The Balaban J connectivity index is 1.79. The van der Waals surface area contributed by atoms with Crippen LogP contribution in [0.5, 0.6) is 0 Å². The first kappa shape index (κ1) is 21.4. The number of nitrogens with zero attached hydrogens (tertiary/aromatic N) is 3. The fraction of sp³-hybridized carbons (Fsp3) is 0.231. The third-order valence-corrected chi connectivity index (χ3v) is 5.61. The molecule has 1 aliphatic heterocycles. The van der Waals surface area contributed by atoms with Crippen LogP contribution in [0.3, 0.4) is 0 Å². The molecule has 1 N–H and O–H groups in total. The molecule has 0 saturated carbocycles. The zero-order chi connectivity index (χ0) is 22.9. The maximum atomic E-state index is 11.1. The smallest absolute Gasteiger partial charge is 0.260 e. The molecule has 0 spiro atoms. The minimum absolute atomic E-state index is 0.0503. The molecule has 6 heteroatoms. The second-order valence-corrected chi connectivity index (χ2v) is 8.87. The molecule has 0 unspecified atom stereocenters. The van der Waals surface area contributed by atoms with Crippen LogP contribution < -0.4 is 5.43 Å². The van der Waals surface area contributed by atoms with Crippen molar-refractivity contribution < 1.29 is 4.92 Å². The van der Waals surface area contributed by atoms with Crippen molar-refractivity contribution >= 4 is 22.9 Å². The van der Waals surface area contributed by atoms with Gasteiger partial charge < -0.3 is 0 Å². The summed E-state index contributed by atoms with van der Waals surface area (Å²) in [5.74, 6) is 0.660. The van der Waals surface area contributed by atoms with E-state index in [1.54, 1.807) is 12.1 Å². The van der Waals surface area contributed by atoms with Crippen LogP contribution in [0.25, 0.3) is 0 Å². The number of nitrogens with one attached hydrogen (secondary N) is 1. The molecule has 0 saturated heterocycles. The Bertz CT molecular complexity index is 1220. The summed E-state index contributed by atoms with van der Waals surface area (Å²) in [5, 5.41) is 15.7. The standard InChI is InChI=1S/C26H26N4O2/c1-5-17-6-15-23-22(16-17)24(18-9-13-21(14-10-18)30(31)32)28-29-25(27-23)19-7-11-20(12-8-19)26(2,3)4/h6-16H,5H2,1-4H3,(H,27,29). The van der Waals surface area contributed by atoms with Crippen molar-refractivity contribution in [1.82, 2.24) is 5.43 Å². The Morgan fingerprint density at radius 2 is 1.59 bits per heavy atom. The normalized spacial score (nSPS) is 13.4. The van der Waals surface area contributed by atoms with E-state index in [9.17, 15) is 10.1 Å². The van der Waals surface area contributed by atoms with Crippen molar-refractivity contribution in [3.8, 4) is 0 Å². The fourth-order valence-corrected chi connectivity index (χ4v) is 3.62. The molecule has 4 rings (SSSR count). The minimum atomic E-state index is -0.400. The van der Waals surface area contributed by atoms with Gasteiger partial charge in [0.2, 0.25) is 0 Å². The number of benzene rings is 3. The first-order chi connectivity index (χ1) is 15.3. The van der Waals surface area contributed by atoms with Crippen LogP contribution in [0.2, 0.25) is 0 Å². The number of fused-ring (bicyclic) bond motifs is 1. The molecular weight excluding hydrogens is 400 g/mol.